The van der Waals surface area contributed by atoms with E-state index in [0.717, 1.165) is 24.5 Å². The van der Waals surface area contributed by atoms with Gasteiger partial charge in [0.1, 0.15) is 23.5 Å². The van der Waals surface area contributed by atoms with E-state index in [9.17, 15) is 14.4 Å². The topological polar surface area (TPSA) is 144 Å². The van der Waals surface area contributed by atoms with Crippen LogP contribution in [0.15, 0.2) is 36.8 Å². The minimum atomic E-state index is -0.822. The Morgan fingerprint density at radius 3 is 2.51 bits per heavy atom. The molecule has 4 aromatic heterocycles. The second-order valence-corrected chi connectivity index (χ2v) is 11.8. The number of ether oxygens (including phenoxy) is 1. The molecule has 43 heavy (non-hydrogen) atoms. The zero-order valence-corrected chi connectivity index (χ0v) is 24.5. The minimum absolute atomic E-state index is 0.0718. The van der Waals surface area contributed by atoms with Crippen LogP contribution in [0.2, 0.25) is 0 Å². The standard InChI is InChI=1S/C29H32N10O4/c1-17-10-21(37-9-8-29(3,28(37)42)39-16-30-18(2)33-39)15-38-25(17)32-24(34-38)26(40)36-13-19-11-35(12-20(19)14-36)23-7-5-6-22(31-23)27(41)43-4/h5-7,10,15-16,19-20H,8-9,11-14H2,1-4H3/t19-,20?,29?/m1/s1. The minimum Gasteiger partial charge on any atom is -0.464 e. The van der Waals surface area contributed by atoms with Crippen LogP contribution in [0.25, 0.3) is 5.65 Å². The first-order valence-corrected chi connectivity index (χ1v) is 14.3. The Bertz CT molecular complexity index is 1770. The summed E-state index contributed by atoms with van der Waals surface area (Å²) in [5.74, 6) is 1.31. The lowest BCUT2D eigenvalue weighted by Gasteiger charge is -2.23. The van der Waals surface area contributed by atoms with Crippen LogP contribution in [0.3, 0.4) is 0 Å². The summed E-state index contributed by atoms with van der Waals surface area (Å²) in [6.45, 7) is 8.77. The molecule has 0 bridgehead atoms. The molecule has 0 aliphatic carbocycles. The molecule has 7 heterocycles. The number of rotatable bonds is 5. The number of nitrogens with zero attached hydrogens (tertiary/aromatic N) is 10. The van der Waals surface area contributed by atoms with Crippen molar-refractivity contribution in [2.24, 2.45) is 11.8 Å². The smallest absolute Gasteiger partial charge is 0.356 e. The number of methoxy groups -OCH3 is 1. The van der Waals surface area contributed by atoms with E-state index in [4.69, 9.17) is 4.74 Å². The SMILES string of the molecule is COC(=O)c1cccc(N2CC3CN(C(=O)c4nc5c(C)cc(N6CCC(C)(n7cnc(C)n7)C6=O)cn5n4)C[C@H]3C2)n1. The monoisotopic (exact) mass is 584 g/mol. The van der Waals surface area contributed by atoms with Crippen molar-refractivity contribution in [1.29, 1.82) is 0 Å². The number of aromatic nitrogens is 7. The highest BCUT2D eigenvalue weighted by Crippen LogP contribution is 2.35. The Kier molecular flexibility index (Phi) is 6.18. The molecule has 3 aliphatic rings. The average molecular weight is 585 g/mol. The first kappa shape index (κ1) is 27.0. The van der Waals surface area contributed by atoms with Crippen LogP contribution in [0.1, 0.15) is 45.8 Å². The molecule has 0 N–H and O–H groups in total. The summed E-state index contributed by atoms with van der Waals surface area (Å²) in [5, 5.41) is 8.94. The highest BCUT2D eigenvalue weighted by atomic mass is 16.5. The van der Waals surface area contributed by atoms with Gasteiger partial charge in [0.2, 0.25) is 5.82 Å². The van der Waals surface area contributed by atoms with Crippen molar-refractivity contribution < 1.29 is 19.1 Å². The molecular formula is C29H32N10O4. The van der Waals surface area contributed by atoms with Crippen molar-refractivity contribution in [2.45, 2.75) is 32.7 Å². The van der Waals surface area contributed by atoms with Crippen LogP contribution in [0.4, 0.5) is 11.5 Å². The molecule has 2 amide bonds. The Hall–Kier alpha value is -4.88. The van der Waals surface area contributed by atoms with Crippen molar-refractivity contribution in [1.82, 2.24) is 39.2 Å². The maximum absolute atomic E-state index is 13.5. The maximum atomic E-state index is 13.5. The van der Waals surface area contributed by atoms with Crippen molar-refractivity contribution in [3.8, 4) is 0 Å². The molecule has 7 rings (SSSR count). The molecule has 222 valence electrons. The number of carbonyl (C=O) groups is 3. The lowest BCUT2D eigenvalue weighted by Crippen LogP contribution is -2.40. The molecule has 2 unspecified atom stereocenters. The van der Waals surface area contributed by atoms with Gasteiger partial charge in [0.05, 0.1) is 19.0 Å². The molecule has 3 atom stereocenters. The zero-order chi connectivity index (χ0) is 30.0. The largest absolute Gasteiger partial charge is 0.464 e. The maximum Gasteiger partial charge on any atom is 0.356 e. The Morgan fingerprint density at radius 2 is 1.81 bits per heavy atom. The predicted molar refractivity (Wildman–Crippen MR) is 154 cm³/mol. The average Bonchev–Trinajstić information content (AvgIpc) is 3.82. The van der Waals surface area contributed by atoms with Crippen LogP contribution in [-0.4, -0.2) is 96.9 Å². The van der Waals surface area contributed by atoms with Crippen LogP contribution in [-0.2, 0) is 15.1 Å². The van der Waals surface area contributed by atoms with E-state index in [0.29, 0.717) is 43.2 Å². The Morgan fingerprint density at radius 1 is 1.05 bits per heavy atom. The molecule has 14 nitrogen and oxygen atoms in total. The van der Waals surface area contributed by atoms with Gasteiger partial charge in [0, 0.05) is 44.6 Å². The third kappa shape index (κ3) is 4.39. The predicted octanol–water partition coefficient (Wildman–Crippen LogP) is 1.48. The highest BCUT2D eigenvalue weighted by molar-refractivity contribution is 6.01. The molecule has 0 aromatic carbocycles. The molecular weight excluding hydrogens is 552 g/mol. The fourth-order valence-corrected chi connectivity index (χ4v) is 6.55. The molecule has 0 radical (unpaired) electrons. The third-order valence-corrected chi connectivity index (χ3v) is 8.97. The Balaban J connectivity index is 1.06. The number of amides is 2. The summed E-state index contributed by atoms with van der Waals surface area (Å²) in [5.41, 5.74) is 1.55. The van der Waals surface area contributed by atoms with Gasteiger partial charge in [-0.1, -0.05) is 6.07 Å². The molecule has 3 aliphatic heterocycles. The van der Waals surface area contributed by atoms with E-state index < -0.39 is 11.5 Å². The van der Waals surface area contributed by atoms with E-state index in [2.05, 4.69) is 30.0 Å². The number of anilines is 2. The second-order valence-electron chi connectivity index (χ2n) is 11.8. The first-order chi connectivity index (χ1) is 20.6. The van der Waals surface area contributed by atoms with Crippen LogP contribution >= 0.6 is 0 Å². The number of carbonyl (C=O) groups excluding carboxylic acids is 3. The fraction of sp³-hybridized carbons (Fsp3) is 0.448. The number of pyridine rings is 2. The lowest BCUT2D eigenvalue weighted by atomic mass is 10.0. The summed E-state index contributed by atoms with van der Waals surface area (Å²) >= 11 is 0. The van der Waals surface area contributed by atoms with Gasteiger partial charge < -0.3 is 19.4 Å². The number of hydrogen-bond acceptors (Lipinski definition) is 10. The highest BCUT2D eigenvalue weighted by Gasteiger charge is 2.46. The van der Waals surface area contributed by atoms with E-state index in [1.54, 1.807) is 45.7 Å². The third-order valence-electron chi connectivity index (χ3n) is 8.97. The number of fused-ring (bicyclic) bond motifs is 2. The molecule has 0 spiro atoms. The van der Waals surface area contributed by atoms with E-state index >= 15 is 0 Å². The summed E-state index contributed by atoms with van der Waals surface area (Å²) < 4.78 is 8.04. The van der Waals surface area contributed by atoms with E-state index in [1.807, 2.05) is 30.9 Å². The molecule has 0 saturated carbocycles. The molecule has 3 saturated heterocycles. The van der Waals surface area contributed by atoms with Gasteiger partial charge in [-0.05, 0) is 51.0 Å². The van der Waals surface area contributed by atoms with Gasteiger partial charge in [-0.2, -0.15) is 5.10 Å². The number of aryl methyl sites for hydroxylation is 2. The van der Waals surface area contributed by atoms with Crippen LogP contribution < -0.4 is 9.80 Å². The summed E-state index contributed by atoms with van der Waals surface area (Å²) in [4.78, 5) is 58.0. The number of hydrogen-bond donors (Lipinski definition) is 0. The molecule has 14 heteroatoms. The van der Waals surface area contributed by atoms with Crippen molar-refractivity contribution in [3.63, 3.8) is 0 Å². The van der Waals surface area contributed by atoms with Crippen LogP contribution in [0, 0.1) is 25.7 Å². The zero-order valence-electron chi connectivity index (χ0n) is 24.5. The Labute approximate surface area is 247 Å². The second kappa shape index (κ2) is 9.85. The summed E-state index contributed by atoms with van der Waals surface area (Å²) in [6.07, 6.45) is 3.95. The van der Waals surface area contributed by atoms with Gasteiger partial charge >= 0.3 is 5.97 Å². The van der Waals surface area contributed by atoms with Crippen molar-refractivity contribution in [3.05, 3.63) is 59.7 Å². The van der Waals surface area contributed by atoms with E-state index in [1.165, 1.54) is 7.11 Å². The lowest BCUT2D eigenvalue weighted by molar-refractivity contribution is -0.124. The van der Waals surface area contributed by atoms with Crippen molar-refractivity contribution in [2.75, 3.05) is 49.6 Å². The summed E-state index contributed by atoms with van der Waals surface area (Å²) in [6, 6.07) is 7.24. The normalized spacial score (nSPS) is 23.4. The van der Waals surface area contributed by atoms with Gasteiger partial charge in [0.25, 0.3) is 11.8 Å². The van der Waals surface area contributed by atoms with Crippen molar-refractivity contribution >= 4 is 34.9 Å². The van der Waals surface area contributed by atoms with Gasteiger partial charge in [-0.25, -0.2) is 28.9 Å². The van der Waals surface area contributed by atoms with Crippen LogP contribution in [0.5, 0.6) is 0 Å². The van der Waals surface area contributed by atoms with E-state index in [-0.39, 0.29) is 35.2 Å². The number of likely N-dealkylation sites (tertiary alicyclic amines) is 1. The quantitative estimate of drug-likeness (QED) is 0.316. The van der Waals surface area contributed by atoms with Gasteiger partial charge in [-0.3, -0.25) is 9.59 Å². The van der Waals surface area contributed by atoms with Gasteiger partial charge in [-0.15, -0.1) is 5.10 Å². The molecule has 4 aromatic rings. The summed E-state index contributed by atoms with van der Waals surface area (Å²) in [7, 11) is 1.34. The first-order valence-electron chi connectivity index (χ1n) is 14.3. The van der Waals surface area contributed by atoms with Gasteiger partial charge in [0.15, 0.2) is 11.3 Å². The fourth-order valence-electron chi connectivity index (χ4n) is 6.55. The number of esters is 1. The molecule has 3 fully saturated rings.